The van der Waals surface area contributed by atoms with Gasteiger partial charge in [-0.2, -0.15) is 0 Å². The fraction of sp³-hybridized carbons (Fsp3) is 0.257. The number of hydrogen-bond acceptors (Lipinski definition) is 4. The predicted molar refractivity (Wildman–Crippen MR) is 176 cm³/mol. The van der Waals surface area contributed by atoms with Gasteiger partial charge in [-0.05, 0) is 67.8 Å². The van der Waals surface area contributed by atoms with Gasteiger partial charge in [-0.25, -0.2) is 8.42 Å². The van der Waals surface area contributed by atoms with Crippen molar-refractivity contribution in [2.24, 2.45) is 0 Å². The molecule has 0 aliphatic rings. The maximum Gasteiger partial charge on any atom is 0.264 e. The smallest absolute Gasteiger partial charge is 0.264 e. The van der Waals surface area contributed by atoms with Gasteiger partial charge in [0.2, 0.25) is 11.8 Å². The van der Waals surface area contributed by atoms with Crippen LogP contribution in [0.4, 0.5) is 5.69 Å². The molecule has 2 amide bonds. The molecule has 4 aromatic carbocycles. The second-order valence-corrected chi connectivity index (χ2v) is 13.1. The molecule has 0 fully saturated rings. The lowest BCUT2D eigenvalue weighted by Crippen LogP contribution is -2.53. The third kappa shape index (κ3) is 8.49. The minimum atomic E-state index is -4.14. The summed E-state index contributed by atoms with van der Waals surface area (Å²) >= 11 is 6.14. The number of anilines is 1. The fourth-order valence-electron chi connectivity index (χ4n) is 4.78. The van der Waals surface area contributed by atoms with Crippen molar-refractivity contribution in [3.63, 3.8) is 0 Å². The fourth-order valence-corrected chi connectivity index (χ4v) is 6.32. The number of benzene rings is 4. The van der Waals surface area contributed by atoms with Crippen LogP contribution in [0.3, 0.4) is 0 Å². The van der Waals surface area contributed by atoms with Crippen LogP contribution >= 0.6 is 11.6 Å². The molecule has 0 aromatic heterocycles. The molecule has 4 aromatic rings. The van der Waals surface area contributed by atoms with E-state index in [1.54, 1.807) is 60.7 Å². The Labute approximate surface area is 265 Å². The molecule has 44 heavy (non-hydrogen) atoms. The third-order valence-electron chi connectivity index (χ3n) is 7.30. The number of carbonyl (C=O) groups excluding carboxylic acids is 2. The first-order valence-electron chi connectivity index (χ1n) is 14.6. The molecule has 0 spiro atoms. The number of amides is 2. The molecule has 7 nitrogen and oxygen atoms in total. The quantitative estimate of drug-likeness (QED) is 0.187. The summed E-state index contributed by atoms with van der Waals surface area (Å²) in [5.41, 5.74) is 3.85. The lowest BCUT2D eigenvalue weighted by molar-refractivity contribution is -0.140. The Morgan fingerprint density at radius 3 is 1.98 bits per heavy atom. The van der Waals surface area contributed by atoms with E-state index >= 15 is 0 Å². The van der Waals surface area contributed by atoms with E-state index in [1.807, 2.05) is 51.1 Å². The number of sulfonamides is 1. The highest BCUT2D eigenvalue weighted by Crippen LogP contribution is 2.26. The number of nitrogens with one attached hydrogen (secondary N) is 1. The number of halogens is 1. The number of aryl methyl sites for hydroxylation is 2. The van der Waals surface area contributed by atoms with Gasteiger partial charge in [0.25, 0.3) is 10.0 Å². The van der Waals surface area contributed by atoms with Crippen molar-refractivity contribution in [3.05, 3.63) is 130 Å². The van der Waals surface area contributed by atoms with Gasteiger partial charge < -0.3 is 10.2 Å². The molecule has 0 aliphatic carbocycles. The van der Waals surface area contributed by atoms with Crippen LogP contribution < -0.4 is 9.62 Å². The van der Waals surface area contributed by atoms with Gasteiger partial charge in [-0.15, -0.1) is 0 Å². The summed E-state index contributed by atoms with van der Waals surface area (Å²) in [5, 5.41) is 3.49. The summed E-state index contributed by atoms with van der Waals surface area (Å²) in [4.78, 5) is 29.7. The van der Waals surface area contributed by atoms with Crippen LogP contribution in [0.15, 0.2) is 108 Å². The van der Waals surface area contributed by atoms with Crippen molar-refractivity contribution in [1.82, 2.24) is 10.2 Å². The Balaban J connectivity index is 1.78. The van der Waals surface area contributed by atoms with Crippen molar-refractivity contribution >= 4 is 39.1 Å². The van der Waals surface area contributed by atoms with E-state index in [1.165, 1.54) is 17.0 Å². The zero-order valence-electron chi connectivity index (χ0n) is 25.2. The second-order valence-electron chi connectivity index (χ2n) is 10.8. The van der Waals surface area contributed by atoms with Crippen LogP contribution in [0.25, 0.3) is 0 Å². The van der Waals surface area contributed by atoms with Gasteiger partial charge in [0, 0.05) is 24.5 Å². The van der Waals surface area contributed by atoms with Crippen molar-refractivity contribution in [1.29, 1.82) is 0 Å². The van der Waals surface area contributed by atoms with Gasteiger partial charge in [-0.3, -0.25) is 13.9 Å². The molecular formula is C35H38ClN3O4S. The lowest BCUT2D eigenvalue weighted by atomic mass is 10.0. The van der Waals surface area contributed by atoms with E-state index in [-0.39, 0.29) is 23.8 Å². The number of rotatable bonds is 13. The van der Waals surface area contributed by atoms with E-state index < -0.39 is 28.5 Å². The highest BCUT2D eigenvalue weighted by Gasteiger charge is 2.34. The van der Waals surface area contributed by atoms with Crippen molar-refractivity contribution in [2.75, 3.05) is 17.4 Å². The molecule has 1 atom stereocenters. The molecule has 0 bridgehead atoms. The molecule has 0 aliphatic heterocycles. The second kappa shape index (κ2) is 15.0. The Morgan fingerprint density at radius 1 is 0.795 bits per heavy atom. The van der Waals surface area contributed by atoms with Crippen molar-refractivity contribution in [3.8, 4) is 0 Å². The first-order valence-corrected chi connectivity index (χ1v) is 16.4. The third-order valence-corrected chi connectivity index (χ3v) is 9.34. The maximum atomic E-state index is 14.4. The Hall–Kier alpha value is -4.14. The molecule has 0 saturated heterocycles. The average Bonchev–Trinajstić information content (AvgIpc) is 3.02. The van der Waals surface area contributed by atoms with E-state index in [4.69, 9.17) is 11.6 Å². The molecule has 1 N–H and O–H groups in total. The van der Waals surface area contributed by atoms with Gasteiger partial charge in [0.1, 0.15) is 12.6 Å². The number of hydrogen-bond donors (Lipinski definition) is 1. The van der Waals surface area contributed by atoms with Gasteiger partial charge in [0.15, 0.2) is 0 Å². The molecule has 0 radical (unpaired) electrons. The molecular weight excluding hydrogens is 594 g/mol. The summed E-state index contributed by atoms with van der Waals surface area (Å²) in [7, 11) is -4.14. The Morgan fingerprint density at radius 2 is 1.39 bits per heavy atom. The summed E-state index contributed by atoms with van der Waals surface area (Å²) < 4.78 is 29.3. The summed E-state index contributed by atoms with van der Waals surface area (Å²) in [5.74, 6) is -0.815. The van der Waals surface area contributed by atoms with Crippen LogP contribution in [-0.2, 0) is 32.6 Å². The zero-order chi connectivity index (χ0) is 31.7. The van der Waals surface area contributed by atoms with E-state index in [9.17, 15) is 18.0 Å². The van der Waals surface area contributed by atoms with Gasteiger partial charge >= 0.3 is 0 Å². The standard InChI is InChI=1S/C35H38ClN3O4S/c1-4-22-37-35(41)33(23-28-8-6-5-7-9-28)38(24-29-14-16-30(36)17-15-29)34(40)25-39(31-18-10-26(2)11-19-31)44(42,43)32-20-12-27(3)13-21-32/h5-21,33H,4,22-25H2,1-3H3,(H,37,41). The van der Waals surface area contributed by atoms with E-state index in [0.29, 0.717) is 17.3 Å². The Bertz CT molecular complexity index is 1640. The minimum Gasteiger partial charge on any atom is -0.354 e. The predicted octanol–water partition coefficient (Wildman–Crippen LogP) is 6.32. The largest absolute Gasteiger partial charge is 0.354 e. The van der Waals surface area contributed by atoms with Crippen LogP contribution in [0.5, 0.6) is 0 Å². The van der Waals surface area contributed by atoms with Crippen LogP contribution in [0.1, 0.15) is 35.6 Å². The van der Waals surface area contributed by atoms with Gasteiger partial charge in [-0.1, -0.05) is 96.4 Å². The molecule has 1 unspecified atom stereocenters. The first kappa shape index (κ1) is 32.8. The molecule has 230 valence electrons. The van der Waals surface area contributed by atoms with Crippen molar-refractivity contribution in [2.45, 2.75) is 51.1 Å². The topological polar surface area (TPSA) is 86.8 Å². The summed E-state index contributed by atoms with van der Waals surface area (Å²) in [6.45, 7) is 5.77. The molecule has 0 saturated carbocycles. The summed E-state index contributed by atoms with van der Waals surface area (Å²) in [6.07, 6.45) is 0.982. The van der Waals surface area contributed by atoms with E-state index in [0.717, 1.165) is 33.0 Å². The number of carbonyl (C=O) groups is 2. The molecule has 0 heterocycles. The molecule has 4 rings (SSSR count). The zero-order valence-corrected chi connectivity index (χ0v) is 26.8. The highest BCUT2D eigenvalue weighted by atomic mass is 35.5. The normalized spacial score (nSPS) is 11.9. The maximum absolute atomic E-state index is 14.4. The lowest BCUT2D eigenvalue weighted by Gasteiger charge is -2.34. The monoisotopic (exact) mass is 631 g/mol. The van der Waals surface area contributed by atoms with E-state index in [2.05, 4.69) is 5.32 Å². The van der Waals surface area contributed by atoms with Crippen LogP contribution in [0.2, 0.25) is 5.02 Å². The number of nitrogens with zero attached hydrogens (tertiary/aromatic N) is 2. The summed E-state index contributed by atoms with van der Waals surface area (Å²) in [6, 6.07) is 29.1. The Kier molecular flexibility index (Phi) is 11.2. The van der Waals surface area contributed by atoms with Crippen LogP contribution in [-0.4, -0.2) is 44.3 Å². The highest BCUT2D eigenvalue weighted by molar-refractivity contribution is 7.92. The van der Waals surface area contributed by atoms with Gasteiger partial charge in [0.05, 0.1) is 10.6 Å². The average molecular weight is 632 g/mol. The molecule has 9 heteroatoms. The van der Waals surface area contributed by atoms with Crippen molar-refractivity contribution < 1.29 is 18.0 Å². The minimum absolute atomic E-state index is 0.0715. The first-order chi connectivity index (χ1) is 21.1. The SMILES string of the molecule is CCCNC(=O)C(Cc1ccccc1)N(Cc1ccc(Cl)cc1)C(=O)CN(c1ccc(C)cc1)S(=O)(=O)c1ccc(C)cc1. The van der Waals surface area contributed by atoms with Crippen LogP contribution in [0, 0.1) is 13.8 Å².